The maximum Gasteiger partial charge on any atom is 0.247 e. The molecule has 4 rings (SSSR count). The Morgan fingerprint density at radius 1 is 1.14 bits per heavy atom. The highest BCUT2D eigenvalue weighted by molar-refractivity contribution is 5.92. The number of ether oxygens (including phenoxy) is 2. The number of hydrogen-bond donors (Lipinski definition) is 0. The fourth-order valence-electron chi connectivity index (χ4n) is 3.27. The molecule has 6 nitrogen and oxygen atoms in total. The van der Waals surface area contributed by atoms with Crippen LogP contribution < -0.4 is 9.47 Å². The van der Waals surface area contributed by atoms with Gasteiger partial charge < -0.3 is 14.4 Å². The zero-order valence-electron chi connectivity index (χ0n) is 16.5. The number of carbonyl (C=O) groups is 1. The van der Waals surface area contributed by atoms with Crippen LogP contribution in [0.3, 0.4) is 0 Å². The van der Waals surface area contributed by atoms with Crippen LogP contribution >= 0.6 is 0 Å². The van der Waals surface area contributed by atoms with E-state index in [0.29, 0.717) is 12.2 Å². The Hall–Kier alpha value is -3.41. The van der Waals surface area contributed by atoms with E-state index >= 15 is 0 Å². The Morgan fingerprint density at radius 2 is 1.93 bits per heavy atom. The van der Waals surface area contributed by atoms with Crippen LogP contribution in [0.2, 0.25) is 0 Å². The lowest BCUT2D eigenvalue weighted by Gasteiger charge is -2.22. The first-order chi connectivity index (χ1) is 14.2. The first-order valence-corrected chi connectivity index (χ1v) is 9.59. The van der Waals surface area contributed by atoms with Gasteiger partial charge in [-0.05, 0) is 49.2 Å². The van der Waals surface area contributed by atoms with Crippen molar-refractivity contribution in [2.75, 3.05) is 14.2 Å². The first kappa shape index (κ1) is 18.9. The number of carbonyl (C=O) groups excluding carboxylic acids is 1. The SMILES string of the molecule is COc1ccc(OC)c(CN(C(=O)/C=C/c2cnc3ccccc3n2)C2CC2)c1. The van der Waals surface area contributed by atoms with E-state index in [1.54, 1.807) is 32.6 Å². The Bertz CT molecular complexity index is 1060. The van der Waals surface area contributed by atoms with E-state index < -0.39 is 0 Å². The summed E-state index contributed by atoms with van der Waals surface area (Å²) in [6.45, 7) is 0.470. The second kappa shape index (κ2) is 8.31. The Balaban J connectivity index is 1.54. The predicted molar refractivity (Wildman–Crippen MR) is 112 cm³/mol. The normalized spacial score (nSPS) is 13.6. The van der Waals surface area contributed by atoms with Crippen molar-refractivity contribution in [1.82, 2.24) is 14.9 Å². The number of nitrogens with zero attached hydrogens (tertiary/aromatic N) is 3. The molecule has 1 heterocycles. The summed E-state index contributed by atoms with van der Waals surface area (Å²) in [7, 11) is 3.26. The molecular weight excluding hydrogens is 366 g/mol. The average molecular weight is 389 g/mol. The summed E-state index contributed by atoms with van der Waals surface area (Å²) in [5, 5.41) is 0. The van der Waals surface area contributed by atoms with Crippen molar-refractivity contribution in [2.24, 2.45) is 0 Å². The standard InChI is InChI=1S/C23H23N3O3/c1-28-19-10-11-22(29-2)16(13-19)15-26(18-8-9-18)23(27)12-7-17-14-24-20-5-3-4-6-21(20)25-17/h3-7,10-14,18H,8-9,15H2,1-2H3/b12-7+. The first-order valence-electron chi connectivity index (χ1n) is 9.59. The molecule has 29 heavy (non-hydrogen) atoms. The molecule has 6 heteroatoms. The maximum absolute atomic E-state index is 12.9. The minimum atomic E-state index is -0.0488. The number of para-hydroxylation sites is 2. The molecule has 0 N–H and O–H groups in total. The molecule has 0 spiro atoms. The van der Waals surface area contributed by atoms with Gasteiger partial charge in [-0.15, -0.1) is 0 Å². The molecule has 0 unspecified atom stereocenters. The minimum absolute atomic E-state index is 0.0488. The third-order valence-electron chi connectivity index (χ3n) is 4.96. The van der Waals surface area contributed by atoms with Gasteiger partial charge in [0.15, 0.2) is 0 Å². The van der Waals surface area contributed by atoms with Gasteiger partial charge in [-0.1, -0.05) is 12.1 Å². The number of rotatable bonds is 7. The fourth-order valence-corrected chi connectivity index (χ4v) is 3.27. The molecule has 0 aliphatic heterocycles. The van der Waals surface area contributed by atoms with Gasteiger partial charge in [-0.2, -0.15) is 0 Å². The number of hydrogen-bond acceptors (Lipinski definition) is 5. The molecule has 1 aliphatic carbocycles. The molecule has 1 aromatic heterocycles. The molecule has 2 aromatic carbocycles. The predicted octanol–water partition coefficient (Wildman–Crippen LogP) is 3.85. The second-order valence-electron chi connectivity index (χ2n) is 6.99. The summed E-state index contributed by atoms with van der Waals surface area (Å²) in [4.78, 5) is 23.8. The van der Waals surface area contributed by atoms with Crippen molar-refractivity contribution in [3.8, 4) is 11.5 Å². The summed E-state index contributed by atoms with van der Waals surface area (Å²) in [6, 6.07) is 13.6. The van der Waals surface area contributed by atoms with Gasteiger partial charge in [-0.25, -0.2) is 4.98 Å². The van der Waals surface area contributed by atoms with E-state index in [0.717, 1.165) is 40.9 Å². The number of methoxy groups -OCH3 is 2. The van der Waals surface area contributed by atoms with Crippen molar-refractivity contribution >= 4 is 23.0 Å². The molecule has 1 amide bonds. The Morgan fingerprint density at radius 3 is 2.66 bits per heavy atom. The van der Waals surface area contributed by atoms with E-state index in [1.165, 1.54) is 0 Å². The van der Waals surface area contributed by atoms with Crippen LogP contribution in [0, 0.1) is 0 Å². The molecular formula is C23H23N3O3. The van der Waals surface area contributed by atoms with Gasteiger partial charge in [-0.3, -0.25) is 9.78 Å². The largest absolute Gasteiger partial charge is 0.497 e. The number of fused-ring (bicyclic) bond motifs is 1. The van der Waals surface area contributed by atoms with E-state index in [4.69, 9.17) is 9.47 Å². The molecule has 0 saturated heterocycles. The van der Waals surface area contributed by atoms with Gasteiger partial charge in [0.05, 0.1) is 43.7 Å². The van der Waals surface area contributed by atoms with Gasteiger partial charge in [0, 0.05) is 17.7 Å². The smallest absolute Gasteiger partial charge is 0.247 e. The van der Waals surface area contributed by atoms with E-state index in [-0.39, 0.29) is 11.9 Å². The van der Waals surface area contributed by atoms with Crippen LogP contribution in [-0.4, -0.2) is 41.0 Å². The molecule has 1 aliphatic rings. The van der Waals surface area contributed by atoms with E-state index in [2.05, 4.69) is 9.97 Å². The van der Waals surface area contributed by atoms with Crippen LogP contribution in [0.1, 0.15) is 24.1 Å². The lowest BCUT2D eigenvalue weighted by atomic mass is 10.1. The van der Waals surface area contributed by atoms with Gasteiger partial charge >= 0.3 is 0 Å². The highest BCUT2D eigenvalue weighted by Gasteiger charge is 2.32. The molecule has 148 valence electrons. The van der Waals surface area contributed by atoms with E-state index in [1.807, 2.05) is 47.4 Å². The van der Waals surface area contributed by atoms with Crippen LogP contribution in [0.4, 0.5) is 0 Å². The van der Waals surface area contributed by atoms with Crippen molar-refractivity contribution in [1.29, 1.82) is 0 Å². The van der Waals surface area contributed by atoms with Crippen LogP contribution in [0.15, 0.2) is 54.7 Å². The van der Waals surface area contributed by atoms with Gasteiger partial charge in [0.1, 0.15) is 11.5 Å². The average Bonchev–Trinajstić information content (AvgIpc) is 3.60. The van der Waals surface area contributed by atoms with E-state index in [9.17, 15) is 4.79 Å². The minimum Gasteiger partial charge on any atom is -0.497 e. The third-order valence-corrected chi connectivity index (χ3v) is 4.96. The van der Waals surface area contributed by atoms with Crippen LogP contribution in [0.25, 0.3) is 17.1 Å². The van der Waals surface area contributed by atoms with Gasteiger partial charge in [0.2, 0.25) is 5.91 Å². The maximum atomic E-state index is 12.9. The van der Waals surface area contributed by atoms with Crippen LogP contribution in [0.5, 0.6) is 11.5 Å². The highest BCUT2D eigenvalue weighted by Crippen LogP contribution is 2.32. The van der Waals surface area contributed by atoms with Crippen molar-refractivity contribution in [3.63, 3.8) is 0 Å². The lowest BCUT2D eigenvalue weighted by molar-refractivity contribution is -0.127. The fraction of sp³-hybridized carbons (Fsp3) is 0.261. The topological polar surface area (TPSA) is 64.6 Å². The number of aromatic nitrogens is 2. The zero-order valence-corrected chi connectivity index (χ0v) is 16.5. The quantitative estimate of drug-likeness (QED) is 0.574. The second-order valence-corrected chi connectivity index (χ2v) is 6.99. The summed E-state index contributed by atoms with van der Waals surface area (Å²) in [5.74, 6) is 1.44. The molecule has 3 aromatic rings. The van der Waals surface area contributed by atoms with Crippen molar-refractivity contribution in [3.05, 3.63) is 66.0 Å². The molecule has 1 saturated carbocycles. The molecule has 0 atom stereocenters. The lowest BCUT2D eigenvalue weighted by Crippen LogP contribution is -2.31. The van der Waals surface area contributed by atoms with Gasteiger partial charge in [0.25, 0.3) is 0 Å². The monoisotopic (exact) mass is 389 g/mol. The number of benzene rings is 2. The number of amides is 1. The summed E-state index contributed by atoms with van der Waals surface area (Å²) < 4.78 is 10.8. The van der Waals surface area contributed by atoms with Crippen LogP contribution in [-0.2, 0) is 11.3 Å². The molecule has 1 fully saturated rings. The zero-order chi connectivity index (χ0) is 20.2. The third kappa shape index (κ3) is 4.37. The Kier molecular flexibility index (Phi) is 5.42. The van der Waals surface area contributed by atoms with Crippen molar-refractivity contribution in [2.45, 2.75) is 25.4 Å². The molecule has 0 radical (unpaired) electrons. The van der Waals surface area contributed by atoms with Crippen molar-refractivity contribution < 1.29 is 14.3 Å². The summed E-state index contributed by atoms with van der Waals surface area (Å²) in [6.07, 6.45) is 7.01. The summed E-state index contributed by atoms with van der Waals surface area (Å²) >= 11 is 0. The Labute approximate surface area is 169 Å². The summed E-state index contributed by atoms with van der Waals surface area (Å²) in [5.41, 5.74) is 3.22. The molecule has 0 bridgehead atoms. The highest BCUT2D eigenvalue weighted by atomic mass is 16.5.